The maximum absolute atomic E-state index is 13.4. The summed E-state index contributed by atoms with van der Waals surface area (Å²) in [6.07, 6.45) is 7.61. The number of carbonyl (C=O) groups excluding carboxylic acids is 1. The van der Waals surface area contributed by atoms with Crippen LogP contribution in [0, 0.1) is 19.7 Å². The van der Waals surface area contributed by atoms with Gasteiger partial charge < -0.3 is 18.7 Å². The van der Waals surface area contributed by atoms with Gasteiger partial charge in [-0.3, -0.25) is 4.79 Å². The third-order valence-electron chi connectivity index (χ3n) is 6.31. The number of benzene rings is 2. The molecule has 2 aromatic carbocycles. The van der Waals surface area contributed by atoms with Gasteiger partial charge in [0.15, 0.2) is 0 Å². The molecule has 178 valence electrons. The lowest BCUT2D eigenvalue weighted by atomic mass is 9.97. The van der Waals surface area contributed by atoms with Crippen molar-refractivity contribution in [2.75, 3.05) is 6.54 Å². The first kappa shape index (κ1) is 22.6. The first-order chi connectivity index (χ1) is 16.9. The number of fused-ring (bicyclic) bond motifs is 2. The van der Waals surface area contributed by atoms with E-state index in [0.29, 0.717) is 34.4 Å². The summed E-state index contributed by atoms with van der Waals surface area (Å²) in [7, 11) is 0. The monoisotopic (exact) mass is 473 g/mol. The molecule has 5 rings (SSSR count). The second-order valence-electron chi connectivity index (χ2n) is 8.59. The van der Waals surface area contributed by atoms with Crippen molar-refractivity contribution in [3.05, 3.63) is 88.2 Å². The molecule has 0 aliphatic carbocycles. The molecular formula is C27H24FN3O4. The number of carbonyl (C=O) groups is 1. The van der Waals surface area contributed by atoms with Crippen LogP contribution in [-0.4, -0.2) is 22.0 Å². The molecule has 0 unspecified atom stereocenters. The van der Waals surface area contributed by atoms with E-state index >= 15 is 0 Å². The number of aryl methyl sites for hydroxylation is 3. The Morgan fingerprint density at radius 3 is 2.66 bits per heavy atom. The molecule has 7 nitrogen and oxygen atoms in total. The van der Waals surface area contributed by atoms with Crippen molar-refractivity contribution in [2.24, 2.45) is 0 Å². The van der Waals surface area contributed by atoms with Crippen molar-refractivity contribution in [1.82, 2.24) is 14.9 Å². The Morgan fingerprint density at radius 1 is 1.11 bits per heavy atom. The highest BCUT2D eigenvalue weighted by Crippen LogP contribution is 2.37. The molecule has 1 N–H and O–H groups in total. The van der Waals surface area contributed by atoms with Gasteiger partial charge in [-0.25, -0.2) is 14.2 Å². The smallest absolute Gasteiger partial charge is 0.340 e. The Hall–Kier alpha value is -4.20. The van der Waals surface area contributed by atoms with Crippen LogP contribution in [-0.2, 0) is 17.8 Å². The molecule has 0 aliphatic rings. The summed E-state index contributed by atoms with van der Waals surface area (Å²) in [4.78, 5) is 29.4. The Bertz CT molecular complexity index is 1580. The zero-order chi connectivity index (χ0) is 24.5. The predicted octanol–water partition coefficient (Wildman–Crippen LogP) is 4.91. The standard InChI is InChI=1S/C27H24FN3O4/c1-16-20-12-22-23(18-4-6-19(28)7-5-18)14-34-25(22)17(2)26(20)35-27(33)21(16)13-24(32)30-8-3-10-31-11-9-29-15-31/h4-7,9,11-12,14-15H,3,8,10,13H2,1-2H3,(H,30,32). The van der Waals surface area contributed by atoms with Gasteiger partial charge in [0.25, 0.3) is 0 Å². The molecule has 0 saturated carbocycles. The van der Waals surface area contributed by atoms with E-state index in [4.69, 9.17) is 8.83 Å². The van der Waals surface area contributed by atoms with Crippen molar-refractivity contribution in [3.8, 4) is 11.1 Å². The molecule has 0 fully saturated rings. The Morgan fingerprint density at radius 2 is 1.91 bits per heavy atom. The molecule has 8 heteroatoms. The number of hydrogen-bond acceptors (Lipinski definition) is 5. The number of hydrogen-bond donors (Lipinski definition) is 1. The molecule has 35 heavy (non-hydrogen) atoms. The van der Waals surface area contributed by atoms with E-state index in [1.54, 1.807) is 30.9 Å². The molecule has 0 atom stereocenters. The zero-order valence-electron chi connectivity index (χ0n) is 19.4. The lowest BCUT2D eigenvalue weighted by Gasteiger charge is -2.11. The van der Waals surface area contributed by atoms with E-state index < -0.39 is 5.63 Å². The van der Waals surface area contributed by atoms with E-state index in [1.165, 1.54) is 12.1 Å². The van der Waals surface area contributed by atoms with Crippen molar-refractivity contribution in [2.45, 2.75) is 33.2 Å². The van der Waals surface area contributed by atoms with Gasteiger partial charge in [0.2, 0.25) is 5.91 Å². The summed E-state index contributed by atoms with van der Waals surface area (Å²) in [5.41, 5.74) is 3.85. The average Bonchev–Trinajstić information content (AvgIpc) is 3.51. The van der Waals surface area contributed by atoms with Crippen LogP contribution in [0.5, 0.6) is 0 Å². The number of furan rings is 1. The summed E-state index contributed by atoms with van der Waals surface area (Å²) in [5, 5.41) is 4.43. The Kier molecular flexibility index (Phi) is 5.94. The molecular weight excluding hydrogens is 449 g/mol. The number of nitrogens with one attached hydrogen (secondary N) is 1. The summed E-state index contributed by atoms with van der Waals surface area (Å²) >= 11 is 0. The van der Waals surface area contributed by atoms with Gasteiger partial charge in [-0.1, -0.05) is 12.1 Å². The number of rotatable bonds is 7. The molecule has 0 bridgehead atoms. The highest BCUT2D eigenvalue weighted by molar-refractivity contribution is 6.05. The van der Waals surface area contributed by atoms with Gasteiger partial charge in [0, 0.05) is 47.4 Å². The molecule has 5 aromatic rings. The van der Waals surface area contributed by atoms with Crippen LogP contribution in [0.2, 0.25) is 0 Å². The van der Waals surface area contributed by atoms with Crippen molar-refractivity contribution < 1.29 is 18.0 Å². The van der Waals surface area contributed by atoms with Crippen LogP contribution in [0.1, 0.15) is 23.1 Å². The summed E-state index contributed by atoms with van der Waals surface area (Å²) < 4.78 is 26.8. The van der Waals surface area contributed by atoms with E-state index in [-0.39, 0.29) is 18.1 Å². The number of halogens is 1. The molecule has 0 spiro atoms. The summed E-state index contributed by atoms with van der Waals surface area (Å²) in [6.45, 7) is 4.89. The van der Waals surface area contributed by atoms with Gasteiger partial charge in [0.1, 0.15) is 17.0 Å². The van der Waals surface area contributed by atoms with Gasteiger partial charge in [-0.2, -0.15) is 0 Å². The fourth-order valence-corrected chi connectivity index (χ4v) is 4.39. The van der Waals surface area contributed by atoms with Crippen LogP contribution < -0.4 is 10.9 Å². The molecule has 0 saturated heterocycles. The second-order valence-corrected chi connectivity index (χ2v) is 8.59. The number of aromatic nitrogens is 2. The molecule has 0 aliphatic heterocycles. The lowest BCUT2D eigenvalue weighted by molar-refractivity contribution is -0.120. The van der Waals surface area contributed by atoms with E-state index in [9.17, 15) is 14.0 Å². The van der Waals surface area contributed by atoms with Crippen LogP contribution in [0.25, 0.3) is 33.1 Å². The minimum absolute atomic E-state index is 0.0670. The SMILES string of the molecule is Cc1c(CC(=O)NCCCn2ccnc2)c(=O)oc2c(C)c3occ(-c4ccc(F)cc4)c3cc12. The minimum Gasteiger partial charge on any atom is -0.463 e. The third-order valence-corrected chi connectivity index (χ3v) is 6.31. The van der Waals surface area contributed by atoms with Crippen molar-refractivity contribution in [3.63, 3.8) is 0 Å². The third kappa shape index (κ3) is 4.35. The summed E-state index contributed by atoms with van der Waals surface area (Å²) in [6, 6.07) is 8.10. The van der Waals surface area contributed by atoms with Gasteiger partial charge in [-0.15, -0.1) is 0 Å². The molecule has 0 radical (unpaired) electrons. The largest absolute Gasteiger partial charge is 0.463 e. The highest BCUT2D eigenvalue weighted by atomic mass is 19.1. The molecule has 3 aromatic heterocycles. The Balaban J connectivity index is 1.44. The van der Waals surface area contributed by atoms with Crippen LogP contribution in [0.15, 0.2) is 68.9 Å². The zero-order valence-corrected chi connectivity index (χ0v) is 19.4. The first-order valence-corrected chi connectivity index (χ1v) is 11.4. The van der Waals surface area contributed by atoms with E-state index in [1.807, 2.05) is 30.7 Å². The maximum atomic E-state index is 13.4. The van der Waals surface area contributed by atoms with Crippen LogP contribution in [0.3, 0.4) is 0 Å². The lowest BCUT2D eigenvalue weighted by Crippen LogP contribution is -2.29. The normalized spacial score (nSPS) is 11.4. The van der Waals surface area contributed by atoms with Gasteiger partial charge in [-0.05, 0) is 49.6 Å². The van der Waals surface area contributed by atoms with Crippen molar-refractivity contribution in [1.29, 1.82) is 0 Å². The van der Waals surface area contributed by atoms with Gasteiger partial charge >= 0.3 is 5.63 Å². The topological polar surface area (TPSA) is 90.3 Å². The minimum atomic E-state index is -0.531. The first-order valence-electron chi connectivity index (χ1n) is 11.4. The predicted molar refractivity (Wildman–Crippen MR) is 131 cm³/mol. The maximum Gasteiger partial charge on any atom is 0.340 e. The highest BCUT2D eigenvalue weighted by Gasteiger charge is 2.20. The van der Waals surface area contributed by atoms with Crippen LogP contribution in [0.4, 0.5) is 4.39 Å². The fraction of sp³-hybridized carbons (Fsp3) is 0.222. The molecule has 3 heterocycles. The number of nitrogens with zero attached hydrogens (tertiary/aromatic N) is 2. The van der Waals surface area contributed by atoms with Crippen molar-refractivity contribution >= 4 is 27.8 Å². The second kappa shape index (κ2) is 9.21. The number of amides is 1. The molecule has 1 amide bonds. The van der Waals surface area contributed by atoms with Crippen LogP contribution >= 0.6 is 0 Å². The quantitative estimate of drug-likeness (QED) is 0.268. The number of imidazole rings is 1. The summed E-state index contributed by atoms with van der Waals surface area (Å²) in [5.74, 6) is -0.552. The van der Waals surface area contributed by atoms with Gasteiger partial charge in [0.05, 0.1) is 24.6 Å². The average molecular weight is 474 g/mol. The fourth-order valence-electron chi connectivity index (χ4n) is 4.39. The Labute approximate surface area is 200 Å². The van der Waals surface area contributed by atoms with E-state index in [2.05, 4.69) is 10.3 Å². The van der Waals surface area contributed by atoms with E-state index in [0.717, 1.165) is 34.9 Å².